The van der Waals surface area contributed by atoms with Gasteiger partial charge < -0.3 is 4.90 Å². The summed E-state index contributed by atoms with van der Waals surface area (Å²) >= 11 is 1.61. The van der Waals surface area contributed by atoms with E-state index in [1.54, 1.807) is 26.7 Å². The predicted octanol–water partition coefficient (Wildman–Crippen LogP) is 2.71. The molecule has 3 aromatic rings. The van der Waals surface area contributed by atoms with Crippen LogP contribution >= 0.6 is 11.3 Å². The highest BCUT2D eigenvalue weighted by Crippen LogP contribution is 2.18. The third-order valence-electron chi connectivity index (χ3n) is 5.09. The Morgan fingerprint density at radius 3 is 2.92 bits per heavy atom. The molecule has 1 saturated heterocycles. The van der Waals surface area contributed by atoms with Crippen molar-refractivity contribution in [1.29, 1.82) is 0 Å². The predicted molar refractivity (Wildman–Crippen MR) is 102 cm³/mol. The van der Waals surface area contributed by atoms with Crippen molar-refractivity contribution in [3.8, 4) is 0 Å². The molecule has 1 fully saturated rings. The van der Waals surface area contributed by atoms with E-state index in [1.807, 2.05) is 34.5 Å². The van der Waals surface area contributed by atoms with Gasteiger partial charge in [0.15, 0.2) is 5.65 Å². The van der Waals surface area contributed by atoms with Gasteiger partial charge in [0.1, 0.15) is 6.54 Å². The Morgan fingerprint density at radius 2 is 2.15 bits per heavy atom. The van der Waals surface area contributed by atoms with Crippen LogP contribution in [0.3, 0.4) is 0 Å². The van der Waals surface area contributed by atoms with Gasteiger partial charge in [-0.05, 0) is 49.8 Å². The van der Waals surface area contributed by atoms with E-state index in [0.29, 0.717) is 17.7 Å². The monoisotopic (exact) mass is 370 g/mol. The van der Waals surface area contributed by atoms with Gasteiger partial charge in [-0.15, -0.1) is 11.3 Å². The first kappa shape index (κ1) is 17.0. The van der Waals surface area contributed by atoms with Gasteiger partial charge in [-0.1, -0.05) is 6.07 Å². The minimum absolute atomic E-state index is 0.0123. The zero-order valence-electron chi connectivity index (χ0n) is 14.8. The fourth-order valence-corrected chi connectivity index (χ4v) is 4.39. The van der Waals surface area contributed by atoms with E-state index in [2.05, 4.69) is 11.9 Å². The van der Waals surface area contributed by atoms with Gasteiger partial charge in [0.2, 0.25) is 5.91 Å². The van der Waals surface area contributed by atoms with Gasteiger partial charge in [0, 0.05) is 23.7 Å². The lowest BCUT2D eigenvalue weighted by atomic mass is 10.0. The van der Waals surface area contributed by atoms with Gasteiger partial charge in [-0.3, -0.25) is 13.9 Å². The normalized spacial score (nSPS) is 17.7. The summed E-state index contributed by atoms with van der Waals surface area (Å²) < 4.78 is 3.23. The van der Waals surface area contributed by atoms with Gasteiger partial charge >= 0.3 is 5.69 Å². The number of rotatable bonds is 4. The summed E-state index contributed by atoms with van der Waals surface area (Å²) in [4.78, 5) is 33.3. The van der Waals surface area contributed by atoms with Crippen LogP contribution in [0.2, 0.25) is 0 Å². The first-order chi connectivity index (χ1) is 12.6. The quantitative estimate of drug-likeness (QED) is 0.709. The van der Waals surface area contributed by atoms with E-state index >= 15 is 0 Å². The number of likely N-dealkylation sites (tertiary alicyclic amines) is 1. The Balaban J connectivity index is 1.70. The molecule has 0 spiro atoms. The average Bonchev–Trinajstić information content (AvgIpc) is 3.25. The van der Waals surface area contributed by atoms with Gasteiger partial charge in [-0.25, -0.2) is 9.78 Å². The molecule has 26 heavy (non-hydrogen) atoms. The molecule has 4 rings (SSSR count). The zero-order chi connectivity index (χ0) is 18.1. The standard InChI is InChI=1S/C19H22N4O2S/c1-14-6-2-3-10-21(14)17(24)13-22-16-8-4-9-20-18(16)23(19(22)25)12-15-7-5-11-26-15/h4-5,7-9,11,14H,2-3,6,10,12-13H2,1H3. The Kier molecular flexibility index (Phi) is 4.63. The second-order valence-electron chi connectivity index (χ2n) is 6.81. The van der Waals surface area contributed by atoms with E-state index < -0.39 is 0 Å². The molecule has 1 aliphatic rings. The second kappa shape index (κ2) is 7.07. The average molecular weight is 370 g/mol. The molecule has 0 bridgehead atoms. The zero-order valence-corrected chi connectivity index (χ0v) is 15.6. The Hall–Kier alpha value is -2.41. The summed E-state index contributed by atoms with van der Waals surface area (Å²) in [5.74, 6) is 0.0123. The van der Waals surface area contributed by atoms with Crippen LogP contribution in [0.5, 0.6) is 0 Å². The van der Waals surface area contributed by atoms with Crippen molar-refractivity contribution in [2.75, 3.05) is 6.54 Å². The smallest absolute Gasteiger partial charge is 0.331 e. The van der Waals surface area contributed by atoms with Crippen molar-refractivity contribution in [3.63, 3.8) is 0 Å². The molecule has 1 unspecified atom stereocenters. The van der Waals surface area contributed by atoms with E-state index in [9.17, 15) is 9.59 Å². The number of amides is 1. The van der Waals surface area contributed by atoms with Crippen molar-refractivity contribution < 1.29 is 4.79 Å². The molecule has 1 amide bonds. The molecule has 0 N–H and O–H groups in total. The largest absolute Gasteiger partial charge is 0.338 e. The third-order valence-corrected chi connectivity index (χ3v) is 5.95. The summed E-state index contributed by atoms with van der Waals surface area (Å²) in [5, 5.41) is 1.99. The van der Waals surface area contributed by atoms with Gasteiger partial charge in [-0.2, -0.15) is 0 Å². The van der Waals surface area contributed by atoms with Crippen LogP contribution in [0.1, 0.15) is 31.1 Å². The number of thiophene rings is 1. The molecule has 0 saturated carbocycles. The highest BCUT2D eigenvalue weighted by molar-refractivity contribution is 7.09. The number of nitrogens with zero attached hydrogens (tertiary/aromatic N) is 4. The molecule has 1 atom stereocenters. The molecular weight excluding hydrogens is 348 g/mol. The van der Waals surface area contributed by atoms with Crippen molar-refractivity contribution in [3.05, 3.63) is 51.2 Å². The fourth-order valence-electron chi connectivity index (χ4n) is 3.69. The lowest BCUT2D eigenvalue weighted by molar-refractivity contribution is -0.135. The number of fused-ring (bicyclic) bond motifs is 1. The number of piperidine rings is 1. The molecule has 0 aromatic carbocycles. The van der Waals surface area contributed by atoms with Crippen LogP contribution in [0.15, 0.2) is 40.6 Å². The van der Waals surface area contributed by atoms with Crippen molar-refractivity contribution >= 4 is 28.4 Å². The third kappa shape index (κ3) is 3.07. The molecule has 3 aromatic heterocycles. The van der Waals surface area contributed by atoms with E-state index in [0.717, 1.165) is 30.7 Å². The lowest BCUT2D eigenvalue weighted by Gasteiger charge is -2.33. The van der Waals surface area contributed by atoms with E-state index in [1.165, 1.54) is 0 Å². The van der Waals surface area contributed by atoms with Crippen molar-refractivity contribution in [2.45, 2.75) is 45.3 Å². The topological polar surface area (TPSA) is 60.1 Å². The Morgan fingerprint density at radius 1 is 1.27 bits per heavy atom. The highest BCUT2D eigenvalue weighted by atomic mass is 32.1. The maximum absolute atomic E-state index is 13.0. The molecule has 0 aliphatic carbocycles. The number of carbonyl (C=O) groups is 1. The van der Waals surface area contributed by atoms with E-state index in [4.69, 9.17) is 0 Å². The lowest BCUT2D eigenvalue weighted by Crippen LogP contribution is -2.44. The van der Waals surface area contributed by atoms with Crippen molar-refractivity contribution in [2.24, 2.45) is 0 Å². The molecule has 136 valence electrons. The minimum Gasteiger partial charge on any atom is -0.338 e. The van der Waals surface area contributed by atoms with Gasteiger partial charge in [0.05, 0.1) is 12.1 Å². The number of carbonyl (C=O) groups excluding carboxylic acids is 1. The summed E-state index contributed by atoms with van der Waals surface area (Å²) in [6.07, 6.45) is 4.91. The highest BCUT2D eigenvalue weighted by Gasteiger charge is 2.25. The minimum atomic E-state index is -0.176. The first-order valence-corrected chi connectivity index (χ1v) is 9.89. The summed E-state index contributed by atoms with van der Waals surface area (Å²) in [6.45, 7) is 3.41. The molecular formula is C19H22N4O2S. The molecule has 6 nitrogen and oxygen atoms in total. The van der Waals surface area contributed by atoms with Crippen LogP contribution in [0.25, 0.3) is 11.2 Å². The molecule has 1 aliphatic heterocycles. The van der Waals surface area contributed by atoms with Crippen LogP contribution in [0, 0.1) is 0 Å². The first-order valence-electron chi connectivity index (χ1n) is 9.01. The summed E-state index contributed by atoms with van der Waals surface area (Å²) in [7, 11) is 0. The molecule has 7 heteroatoms. The number of aromatic nitrogens is 3. The number of hydrogen-bond donors (Lipinski definition) is 0. The van der Waals surface area contributed by atoms with Crippen LogP contribution in [-0.2, 0) is 17.9 Å². The maximum atomic E-state index is 13.0. The van der Waals surface area contributed by atoms with Crippen LogP contribution < -0.4 is 5.69 Å². The molecule has 0 radical (unpaired) electrons. The number of imidazole rings is 1. The number of pyridine rings is 1. The van der Waals surface area contributed by atoms with E-state index in [-0.39, 0.29) is 24.2 Å². The van der Waals surface area contributed by atoms with Gasteiger partial charge in [0.25, 0.3) is 0 Å². The number of hydrogen-bond acceptors (Lipinski definition) is 4. The molecule has 4 heterocycles. The van der Waals surface area contributed by atoms with Crippen LogP contribution in [-0.4, -0.2) is 37.5 Å². The maximum Gasteiger partial charge on any atom is 0.331 e. The Labute approximate surface area is 155 Å². The fraction of sp³-hybridized carbons (Fsp3) is 0.421. The van der Waals surface area contributed by atoms with Crippen molar-refractivity contribution in [1.82, 2.24) is 19.0 Å². The summed E-state index contributed by atoms with van der Waals surface area (Å²) in [5.41, 5.74) is 1.17. The second-order valence-corrected chi connectivity index (χ2v) is 7.84. The summed E-state index contributed by atoms with van der Waals surface area (Å²) in [6, 6.07) is 7.89. The SMILES string of the molecule is CC1CCCCN1C(=O)Cn1c(=O)n(Cc2cccs2)c2ncccc21. The Bertz CT molecular complexity index is 973. The van der Waals surface area contributed by atoms with Crippen LogP contribution in [0.4, 0.5) is 0 Å².